The number of amides is 10. The number of likely N-dealkylation sites (N-methyl/N-ethyl adjacent to an activating group) is 2. The van der Waals surface area contributed by atoms with Gasteiger partial charge in [0.25, 0.3) is 0 Å². The van der Waals surface area contributed by atoms with Crippen LogP contribution in [-0.4, -0.2) is 306 Å². The van der Waals surface area contributed by atoms with Crippen molar-refractivity contribution in [3.63, 3.8) is 0 Å². The van der Waals surface area contributed by atoms with Gasteiger partial charge in [-0.2, -0.15) is 0 Å². The summed E-state index contributed by atoms with van der Waals surface area (Å²) in [6.45, 7) is 3.69. The molecule has 1 heterocycles. The minimum atomic E-state index is -1.88. The number of nitrogens with one attached hydrogen (secondary N) is 12. The first-order valence-corrected chi connectivity index (χ1v) is 39.3. The van der Waals surface area contributed by atoms with Crippen LogP contribution in [0.4, 0.5) is 0 Å². The number of aromatic hydroxyl groups is 1. The summed E-state index contributed by atoms with van der Waals surface area (Å²) in [6.07, 6.45) is 3.44. The van der Waals surface area contributed by atoms with E-state index in [2.05, 4.69) is 58.2 Å². The van der Waals surface area contributed by atoms with E-state index in [9.17, 15) is 92.7 Å². The van der Waals surface area contributed by atoms with Crippen molar-refractivity contribution in [3.05, 3.63) is 102 Å². The Balaban J connectivity index is 1.38. The number of phenolic OH excluding ortho intramolecular Hbond substituents is 1. The molecule has 39 heteroatoms. The molecule has 118 heavy (non-hydrogen) atoms. The van der Waals surface area contributed by atoms with E-state index in [0.717, 1.165) is 19.3 Å². The van der Waals surface area contributed by atoms with Gasteiger partial charge >= 0.3 is 23.9 Å². The van der Waals surface area contributed by atoms with Gasteiger partial charge in [-0.3, -0.25) is 92.1 Å². The molecule has 650 valence electrons. The van der Waals surface area contributed by atoms with Gasteiger partial charge in [-0.15, -0.1) is 0 Å². The first-order valence-electron chi connectivity index (χ1n) is 39.3. The van der Waals surface area contributed by atoms with Crippen LogP contribution in [0.15, 0.2) is 85.1 Å². The Bertz CT molecular complexity index is 3980. The summed E-state index contributed by atoms with van der Waals surface area (Å²) >= 11 is 0. The second-order valence-corrected chi connectivity index (χ2v) is 29.7. The summed E-state index contributed by atoms with van der Waals surface area (Å²) in [5.74, 6) is -14.5. The van der Waals surface area contributed by atoms with Crippen LogP contribution in [0.25, 0.3) is 10.9 Å². The third-order valence-corrected chi connectivity index (χ3v) is 19.9. The number of nitrogens with two attached hydrogens (primary N) is 2. The smallest absolute Gasteiger partial charge is 0.319 e. The average molecular weight is 1660 g/mol. The number of hydrogen-bond acceptors (Lipinski definition) is 24. The zero-order valence-electron chi connectivity index (χ0n) is 67.7. The van der Waals surface area contributed by atoms with Crippen molar-refractivity contribution in [2.24, 2.45) is 23.3 Å². The van der Waals surface area contributed by atoms with E-state index in [0.29, 0.717) is 47.0 Å². The highest BCUT2D eigenvalue weighted by molar-refractivity contribution is 5.99. The molecular weight excluding hydrogens is 1540 g/mol. The quantitative estimate of drug-likeness (QED) is 0.00895. The predicted octanol–water partition coefficient (Wildman–Crippen LogP) is -3.22. The molecule has 0 bridgehead atoms. The summed E-state index contributed by atoms with van der Waals surface area (Å²) < 4.78 is 9.65. The number of methoxy groups -OCH3 is 2. The molecule has 21 N–H and O–H groups in total. The molecule has 3 unspecified atom stereocenters. The van der Waals surface area contributed by atoms with Gasteiger partial charge in [-0.05, 0) is 86.0 Å². The number of aliphatic carboxylic acids is 2. The van der Waals surface area contributed by atoms with Gasteiger partial charge in [0, 0.05) is 82.2 Å². The number of para-hydroxylation sites is 1. The number of primary amides is 1. The van der Waals surface area contributed by atoms with Crippen LogP contribution >= 0.6 is 0 Å². The number of carboxylic acid groups (broad SMARTS) is 2. The highest BCUT2D eigenvalue weighted by atomic mass is 16.5. The van der Waals surface area contributed by atoms with E-state index in [1.165, 1.54) is 38.5 Å². The first-order chi connectivity index (χ1) is 56.2. The van der Waals surface area contributed by atoms with Crippen LogP contribution in [0.2, 0.25) is 0 Å². The predicted molar refractivity (Wildman–Crippen MR) is 431 cm³/mol. The minimum absolute atomic E-state index is 0.00294. The lowest BCUT2D eigenvalue weighted by atomic mass is 9.84. The largest absolute Gasteiger partial charge is 0.508 e. The first kappa shape index (κ1) is 97.2. The van der Waals surface area contributed by atoms with Gasteiger partial charge < -0.3 is 105 Å². The number of carboxylic acids is 2. The Labute approximate surface area is 684 Å². The number of esters is 2. The molecule has 5 rings (SSSR count). The summed E-state index contributed by atoms with van der Waals surface area (Å²) in [5.41, 5.74) is 13.2. The van der Waals surface area contributed by atoms with Gasteiger partial charge in [0.05, 0.1) is 60.0 Å². The van der Waals surface area contributed by atoms with Gasteiger partial charge in [0.1, 0.15) is 60.1 Å². The number of ether oxygens (including phenoxy) is 2. The van der Waals surface area contributed by atoms with Crippen molar-refractivity contribution in [1.82, 2.24) is 77.8 Å². The topological polar surface area (TPSA) is 584 Å². The van der Waals surface area contributed by atoms with Crippen molar-refractivity contribution >= 4 is 99.8 Å². The Kier molecular flexibility index (Phi) is 42.0. The molecule has 0 spiro atoms. The van der Waals surface area contributed by atoms with Crippen molar-refractivity contribution in [2.45, 2.75) is 159 Å². The highest BCUT2D eigenvalue weighted by Gasteiger charge is 2.38. The summed E-state index contributed by atoms with van der Waals surface area (Å²) in [6, 6.07) is 6.73. The molecule has 1 aromatic heterocycles. The molecule has 1 aliphatic carbocycles. The van der Waals surface area contributed by atoms with Crippen LogP contribution in [0.5, 0.6) is 5.75 Å². The molecule has 3 aromatic carbocycles. The molecule has 10 amide bonds. The van der Waals surface area contributed by atoms with Crippen LogP contribution in [0, 0.1) is 17.2 Å². The number of benzene rings is 3. The van der Waals surface area contributed by atoms with Crippen LogP contribution in [-0.2, 0) is 95.9 Å². The van der Waals surface area contributed by atoms with Gasteiger partial charge in [0.15, 0.2) is 5.96 Å². The number of aliphatic hydroxyl groups excluding tert-OH is 2. The molecule has 4 aromatic rings. The number of phenols is 1. The van der Waals surface area contributed by atoms with Crippen LogP contribution < -0.4 is 64.6 Å². The van der Waals surface area contributed by atoms with Crippen molar-refractivity contribution in [1.29, 1.82) is 5.41 Å². The van der Waals surface area contributed by atoms with Gasteiger partial charge in [-0.1, -0.05) is 114 Å². The zero-order valence-corrected chi connectivity index (χ0v) is 67.7. The second-order valence-electron chi connectivity index (χ2n) is 29.7. The number of carbonyl (C=O) groups is 14. The molecular formula is C79H118N18O21. The number of H-pyrrole nitrogens is 1. The highest BCUT2D eigenvalue weighted by Crippen LogP contribution is 2.28. The van der Waals surface area contributed by atoms with Crippen molar-refractivity contribution < 1.29 is 102 Å². The maximum atomic E-state index is 15.0. The Morgan fingerprint density at radius 3 is 1.56 bits per heavy atom. The summed E-state index contributed by atoms with van der Waals surface area (Å²) in [4.78, 5) is 202. The number of nitrogens with zero attached hydrogens (tertiary/aromatic N) is 4. The second kappa shape index (κ2) is 50.9. The standard InChI is InChI=1S/C79H118N18O21/c1-7-95(31-32-97(45-69(107)118-6)34-33-96(43-67(104)105)30-29-94(4)44-68(106)117-5)42-65(101)85-62(40-66(102)103)77(115)90-58(36-49-17-10-8-11-18-49)74(112)89-59(37-50-19-12-9-13-20-50)75(113)93-64(47-99)78(116)86-56(23-16-28-83-79(81)82)71(109)88-60(38-51-24-26-53(100)27-25-51)73(111)87-57(35-48(2)3)72(110)91-61(76(114)92-63(46-98)70(80)108)39-52-41-84-55-22-15-14-21-54(52)55/h9,12-15,19-22,24-27,41,48-49,56-64,84,98-100H,7-8,10-11,16-18,23,28-40,42-47H2,1-6H3,(H2,80,108)(H,85,101)(H,86,116)(H,87,111)(H,88,109)(H,89,112)(H,90,115)(H,91,110)(H,92,114)(H,93,113)(H,102,103)(H,104,105)(H4,81,82,83)/t56?,57-,58-,59?,60-,61-,62-,63-,64?/m0/s1. The molecule has 0 aliphatic heterocycles. The molecule has 0 saturated heterocycles. The van der Waals surface area contributed by atoms with Gasteiger partial charge in [-0.25, -0.2) is 0 Å². The number of rotatable bonds is 54. The van der Waals surface area contributed by atoms with Gasteiger partial charge in [0.2, 0.25) is 59.1 Å². The lowest BCUT2D eigenvalue weighted by Crippen LogP contribution is -2.61. The monoisotopic (exact) mass is 1650 g/mol. The molecule has 0 radical (unpaired) electrons. The number of hydrogen-bond donors (Lipinski definition) is 19. The van der Waals surface area contributed by atoms with E-state index in [-0.39, 0.29) is 135 Å². The normalized spacial score (nSPS) is 14.6. The third-order valence-electron chi connectivity index (χ3n) is 19.9. The molecule has 1 fully saturated rings. The number of aromatic amines is 1. The van der Waals surface area contributed by atoms with Crippen molar-refractivity contribution in [3.8, 4) is 5.75 Å². The molecule has 9 atom stereocenters. The Hall–Kier alpha value is -11.4. The number of aliphatic hydroxyl groups is 2. The van der Waals surface area contributed by atoms with E-state index >= 15 is 0 Å². The van der Waals surface area contributed by atoms with Crippen LogP contribution in [0.3, 0.4) is 0 Å². The lowest BCUT2D eigenvalue weighted by molar-refractivity contribution is -0.143. The lowest BCUT2D eigenvalue weighted by Gasteiger charge is -2.30. The van der Waals surface area contributed by atoms with E-state index in [1.807, 2.05) is 0 Å². The van der Waals surface area contributed by atoms with Crippen molar-refractivity contribution in [2.75, 3.05) is 113 Å². The number of carbonyl (C=O) groups excluding carboxylic acids is 12. The zero-order chi connectivity index (χ0) is 87.0. The number of fused-ring (bicyclic) bond motifs is 1. The maximum absolute atomic E-state index is 15.0. The van der Waals surface area contributed by atoms with E-state index in [1.54, 1.807) is 108 Å². The van der Waals surface area contributed by atoms with E-state index in [4.69, 9.17) is 26.4 Å². The minimum Gasteiger partial charge on any atom is -0.508 e. The Morgan fingerprint density at radius 1 is 0.525 bits per heavy atom. The molecule has 1 saturated carbocycles. The SMILES string of the molecule is CCN(CCN(CCN(CCN(C)CC(=O)OC)CC(=O)O)CC(=O)OC)CC(=O)N[C@@H](CC(=O)O)C(=O)N[C@@H](CC1CCCCC1)C(=O)NC(Cc1ccccc1)C(=O)NC(CO)C(=O)NC(CCCNC(=N)N)C(=O)N[C@@H](Cc1ccc(O)cc1)C(=O)N[C@@H](CC(C)C)C(=O)N[C@@H](Cc1c[nH]c2ccccc12)C(=O)N[C@@H](CO)C(N)=O. The molecule has 1 aliphatic rings. The number of guanidine groups is 1. The van der Waals surface area contributed by atoms with E-state index < -0.39 is 163 Å². The maximum Gasteiger partial charge on any atom is 0.319 e. The number of aromatic nitrogens is 1. The third kappa shape index (κ3) is 35.2. The average Bonchev–Trinajstić information content (AvgIpc) is 1.65. The fourth-order valence-electron chi connectivity index (χ4n) is 13.3. The summed E-state index contributed by atoms with van der Waals surface area (Å²) in [5, 5.41) is 85.3. The fraction of sp³-hybridized carbons (Fsp3) is 0.557. The Morgan fingerprint density at radius 2 is 1.00 bits per heavy atom. The van der Waals surface area contributed by atoms with Crippen LogP contribution in [0.1, 0.15) is 102 Å². The fourth-order valence-corrected chi connectivity index (χ4v) is 13.3. The molecule has 39 nitrogen and oxygen atoms in total. The summed E-state index contributed by atoms with van der Waals surface area (Å²) in [7, 11) is 4.12.